The van der Waals surface area contributed by atoms with Gasteiger partial charge in [-0.3, -0.25) is 4.79 Å². The molecule has 0 aromatic carbocycles. The van der Waals surface area contributed by atoms with Crippen LogP contribution in [0.5, 0.6) is 0 Å². The van der Waals surface area contributed by atoms with Gasteiger partial charge in [0, 0.05) is 0 Å². The van der Waals surface area contributed by atoms with E-state index in [0.29, 0.717) is 9.47 Å². The Hall–Kier alpha value is -1.35. The molecule has 0 aliphatic carbocycles. The summed E-state index contributed by atoms with van der Waals surface area (Å²) in [7, 11) is 1.31. The summed E-state index contributed by atoms with van der Waals surface area (Å²) < 4.78 is 5.33. The molecule has 1 rings (SSSR count). The Morgan fingerprint density at radius 1 is 1.50 bits per heavy atom. The van der Waals surface area contributed by atoms with Gasteiger partial charge in [-0.25, -0.2) is 4.79 Å². The van der Waals surface area contributed by atoms with Crippen LogP contribution in [-0.2, 0) is 14.3 Å². The highest BCUT2D eigenvalue weighted by Gasteiger charge is 2.26. The van der Waals surface area contributed by atoms with Gasteiger partial charge in [-0.05, 0) is 5.92 Å². The largest absolute Gasteiger partial charge is 0.467 e. The molecule has 1 amide bonds. The van der Waals surface area contributed by atoms with Gasteiger partial charge in [-0.1, -0.05) is 43.4 Å². The van der Waals surface area contributed by atoms with Gasteiger partial charge in [-0.2, -0.15) is 0 Å². The Kier molecular flexibility index (Phi) is 6.73. The number of ether oxygens (including phenoxy) is 1. The van der Waals surface area contributed by atoms with Gasteiger partial charge < -0.3 is 15.8 Å². The molecule has 2 atom stereocenters. The van der Waals surface area contributed by atoms with E-state index in [1.807, 2.05) is 13.8 Å². The molecular formula is C11H18N4O3S2. The van der Waals surface area contributed by atoms with Crippen LogP contribution in [0.3, 0.4) is 0 Å². The fourth-order valence-corrected chi connectivity index (χ4v) is 2.86. The molecule has 0 unspecified atom stereocenters. The average molecular weight is 318 g/mol. The van der Waals surface area contributed by atoms with Crippen LogP contribution in [0, 0.1) is 5.92 Å². The van der Waals surface area contributed by atoms with Crippen molar-refractivity contribution in [1.82, 2.24) is 15.5 Å². The summed E-state index contributed by atoms with van der Waals surface area (Å²) in [6.45, 7) is 3.84. The Bertz CT molecular complexity index is 466. The van der Waals surface area contributed by atoms with Crippen molar-refractivity contribution in [2.24, 2.45) is 5.92 Å². The number of methoxy groups -OCH3 is 1. The van der Waals surface area contributed by atoms with Gasteiger partial charge in [-0.15, -0.1) is 10.2 Å². The topological polar surface area (TPSA) is 107 Å². The molecule has 0 radical (unpaired) electrons. The minimum atomic E-state index is -0.627. The molecule has 0 aliphatic rings. The number of hydrogen-bond donors (Lipinski definition) is 2. The lowest BCUT2D eigenvalue weighted by Crippen LogP contribution is -2.46. The Labute approximate surface area is 125 Å². The number of amides is 1. The van der Waals surface area contributed by atoms with Crippen molar-refractivity contribution < 1.29 is 14.3 Å². The molecule has 0 spiro atoms. The molecule has 0 bridgehead atoms. The van der Waals surface area contributed by atoms with Crippen molar-refractivity contribution in [2.75, 3.05) is 18.6 Å². The summed E-state index contributed by atoms with van der Waals surface area (Å²) in [5, 5.41) is 10.5. The number of nitrogens with zero attached hydrogens (tertiary/aromatic N) is 2. The van der Waals surface area contributed by atoms with Gasteiger partial charge >= 0.3 is 5.97 Å². The molecule has 0 saturated carbocycles. The third kappa shape index (κ3) is 4.97. The van der Waals surface area contributed by atoms with E-state index in [2.05, 4.69) is 15.5 Å². The molecule has 1 heterocycles. The van der Waals surface area contributed by atoms with Crippen molar-refractivity contribution in [3.63, 3.8) is 0 Å². The van der Waals surface area contributed by atoms with Crippen LogP contribution in [0.1, 0.15) is 20.3 Å². The zero-order valence-corrected chi connectivity index (χ0v) is 13.2. The maximum Gasteiger partial charge on any atom is 0.328 e. The number of carbonyl (C=O) groups is 2. The number of nitrogens with two attached hydrogens (primary N) is 1. The summed E-state index contributed by atoms with van der Waals surface area (Å²) in [5.74, 6) is -0.524. The molecule has 0 fully saturated rings. The number of nitrogens with one attached hydrogen (secondary N) is 1. The Morgan fingerprint density at radius 3 is 2.70 bits per heavy atom. The molecule has 0 saturated heterocycles. The number of rotatable bonds is 7. The van der Waals surface area contributed by atoms with Gasteiger partial charge in [0.25, 0.3) is 0 Å². The van der Waals surface area contributed by atoms with Crippen LogP contribution >= 0.6 is 23.1 Å². The maximum atomic E-state index is 11.9. The standard InChI is InChI=1S/C11H18N4O3S2/c1-4-6(2)8(9(17)18-3)13-7(16)5-19-11-15-14-10(12)20-11/h6,8H,4-5H2,1-3H3,(H2,12,14)(H,13,16)/t6-,8+/m0/s1. The molecule has 112 valence electrons. The zero-order valence-electron chi connectivity index (χ0n) is 11.6. The van der Waals surface area contributed by atoms with Gasteiger partial charge in [0.15, 0.2) is 4.34 Å². The number of hydrogen-bond acceptors (Lipinski definition) is 8. The third-order valence-electron chi connectivity index (χ3n) is 2.73. The first-order valence-electron chi connectivity index (χ1n) is 6.06. The van der Waals surface area contributed by atoms with Crippen molar-refractivity contribution in [1.29, 1.82) is 0 Å². The van der Waals surface area contributed by atoms with E-state index in [9.17, 15) is 9.59 Å². The number of carbonyl (C=O) groups excluding carboxylic acids is 2. The Morgan fingerprint density at radius 2 is 2.20 bits per heavy atom. The van der Waals surface area contributed by atoms with Crippen LogP contribution in [0.2, 0.25) is 0 Å². The summed E-state index contributed by atoms with van der Waals surface area (Å²) in [4.78, 5) is 23.5. The van der Waals surface area contributed by atoms with E-state index in [1.54, 1.807) is 0 Å². The first kappa shape index (κ1) is 16.7. The van der Waals surface area contributed by atoms with Gasteiger partial charge in [0.05, 0.1) is 12.9 Å². The molecule has 7 nitrogen and oxygen atoms in total. The lowest BCUT2D eigenvalue weighted by Gasteiger charge is -2.21. The molecule has 20 heavy (non-hydrogen) atoms. The summed E-state index contributed by atoms with van der Waals surface area (Å²) in [5.41, 5.74) is 5.45. The summed E-state index contributed by atoms with van der Waals surface area (Å²) >= 11 is 2.45. The number of thioether (sulfide) groups is 1. The predicted molar refractivity (Wildman–Crippen MR) is 78.4 cm³/mol. The van der Waals surface area contributed by atoms with Gasteiger partial charge in [0.2, 0.25) is 11.0 Å². The quantitative estimate of drug-likeness (QED) is 0.568. The minimum absolute atomic E-state index is 0.00794. The average Bonchev–Trinajstić information content (AvgIpc) is 2.86. The van der Waals surface area contributed by atoms with E-state index in [-0.39, 0.29) is 17.6 Å². The van der Waals surface area contributed by atoms with E-state index >= 15 is 0 Å². The second kappa shape index (κ2) is 8.05. The smallest absolute Gasteiger partial charge is 0.328 e. The first-order valence-corrected chi connectivity index (χ1v) is 7.87. The SMILES string of the molecule is CC[C@H](C)[C@@H](NC(=O)CSc1nnc(N)s1)C(=O)OC. The van der Waals surface area contributed by atoms with Crippen molar-refractivity contribution in [2.45, 2.75) is 30.6 Å². The van der Waals surface area contributed by atoms with Crippen molar-refractivity contribution >= 4 is 40.1 Å². The second-order valence-electron chi connectivity index (χ2n) is 4.15. The second-order valence-corrected chi connectivity index (χ2v) is 6.38. The van der Waals surface area contributed by atoms with Crippen LogP contribution in [0.15, 0.2) is 4.34 Å². The fourth-order valence-electron chi connectivity index (χ4n) is 1.42. The maximum absolute atomic E-state index is 11.9. The minimum Gasteiger partial charge on any atom is -0.467 e. The highest BCUT2D eigenvalue weighted by Crippen LogP contribution is 2.23. The number of nitrogen functional groups attached to an aromatic ring is 1. The van der Waals surface area contributed by atoms with E-state index in [0.717, 1.165) is 6.42 Å². The lowest BCUT2D eigenvalue weighted by atomic mass is 9.99. The normalized spacial score (nSPS) is 13.6. The molecule has 0 aliphatic heterocycles. The fraction of sp³-hybridized carbons (Fsp3) is 0.636. The van der Waals surface area contributed by atoms with Gasteiger partial charge in [0.1, 0.15) is 6.04 Å². The number of anilines is 1. The Balaban J connectivity index is 2.51. The van der Waals surface area contributed by atoms with Crippen LogP contribution in [0.25, 0.3) is 0 Å². The van der Waals surface area contributed by atoms with Crippen LogP contribution in [-0.4, -0.2) is 41.0 Å². The lowest BCUT2D eigenvalue weighted by molar-refractivity contribution is -0.146. The summed E-state index contributed by atoms with van der Waals surface area (Å²) in [6.07, 6.45) is 0.764. The third-order valence-corrected chi connectivity index (χ3v) is 4.62. The zero-order chi connectivity index (χ0) is 15.1. The first-order chi connectivity index (χ1) is 9.47. The monoisotopic (exact) mass is 318 g/mol. The number of esters is 1. The molecule has 1 aromatic rings. The van der Waals surface area contributed by atoms with E-state index in [1.165, 1.54) is 30.2 Å². The van der Waals surface area contributed by atoms with Crippen molar-refractivity contribution in [3.05, 3.63) is 0 Å². The molecule has 1 aromatic heterocycles. The van der Waals surface area contributed by atoms with Crippen LogP contribution in [0.4, 0.5) is 5.13 Å². The van der Waals surface area contributed by atoms with Crippen LogP contribution < -0.4 is 11.1 Å². The van der Waals surface area contributed by atoms with E-state index < -0.39 is 12.0 Å². The predicted octanol–water partition coefficient (Wildman–Crippen LogP) is 0.916. The molecule has 9 heteroatoms. The summed E-state index contributed by atoms with van der Waals surface area (Å²) in [6, 6.07) is -0.627. The highest BCUT2D eigenvalue weighted by atomic mass is 32.2. The molecular weight excluding hydrogens is 300 g/mol. The number of aromatic nitrogens is 2. The van der Waals surface area contributed by atoms with E-state index in [4.69, 9.17) is 10.5 Å². The highest BCUT2D eigenvalue weighted by molar-refractivity contribution is 8.01. The van der Waals surface area contributed by atoms with Crippen molar-refractivity contribution in [3.8, 4) is 0 Å². The molecule has 3 N–H and O–H groups in total.